The molecule has 0 unspecified atom stereocenters. The van der Waals surface area contributed by atoms with E-state index in [1.165, 1.54) is 0 Å². The number of aryl methyl sites for hydroxylation is 1. The minimum absolute atomic E-state index is 0.0903. The third kappa shape index (κ3) is 1.62. The third-order valence-corrected chi connectivity index (χ3v) is 2.12. The van der Waals surface area contributed by atoms with Gasteiger partial charge in [-0.2, -0.15) is 0 Å². The van der Waals surface area contributed by atoms with Gasteiger partial charge in [0, 0.05) is 5.41 Å². The van der Waals surface area contributed by atoms with Crippen molar-refractivity contribution in [3.8, 4) is 0 Å². The molecule has 0 atom stereocenters. The van der Waals surface area contributed by atoms with Crippen LogP contribution in [0.4, 0.5) is 5.95 Å². The summed E-state index contributed by atoms with van der Waals surface area (Å²) in [6.07, 6.45) is 0. The molecule has 0 bridgehead atoms. The van der Waals surface area contributed by atoms with E-state index in [4.69, 9.17) is 0 Å². The Kier molecular flexibility index (Phi) is 2.35. The van der Waals surface area contributed by atoms with Gasteiger partial charge in [0.2, 0.25) is 0 Å². The Labute approximate surface area is 82.9 Å². The number of aromatic nitrogens is 2. The molecule has 0 aliphatic rings. The predicted octanol–water partition coefficient (Wildman–Crippen LogP) is 1.93. The first-order valence-corrected chi connectivity index (χ1v) is 4.43. The van der Waals surface area contributed by atoms with Crippen LogP contribution in [-0.2, 0) is 12.5 Å². The van der Waals surface area contributed by atoms with Crippen molar-refractivity contribution in [1.82, 2.24) is 9.55 Å². The van der Waals surface area contributed by atoms with Gasteiger partial charge >= 0.3 is 5.95 Å². The van der Waals surface area contributed by atoms with Crippen LogP contribution in [0, 0.1) is 17.0 Å². The molecule has 0 amide bonds. The van der Waals surface area contributed by atoms with E-state index in [0.717, 1.165) is 11.4 Å². The van der Waals surface area contributed by atoms with Crippen molar-refractivity contribution >= 4 is 5.95 Å². The van der Waals surface area contributed by atoms with Gasteiger partial charge in [-0.1, -0.05) is 25.8 Å². The largest absolute Gasteiger partial charge is 0.434 e. The zero-order valence-electron chi connectivity index (χ0n) is 9.16. The SMILES string of the molecule is Cc1nc([N+](=O)[O-])n(C)c1C(C)(C)C. The molecule has 0 radical (unpaired) electrons. The summed E-state index contributed by atoms with van der Waals surface area (Å²) in [5.41, 5.74) is 1.51. The van der Waals surface area contributed by atoms with Crippen LogP contribution >= 0.6 is 0 Å². The first-order chi connectivity index (χ1) is 6.25. The van der Waals surface area contributed by atoms with Crippen molar-refractivity contribution in [1.29, 1.82) is 0 Å². The Bertz CT molecular complexity index is 374. The van der Waals surface area contributed by atoms with Gasteiger partial charge in [-0.05, 0) is 11.8 Å². The fraction of sp³-hybridized carbons (Fsp3) is 0.667. The lowest BCUT2D eigenvalue weighted by atomic mass is 9.91. The highest BCUT2D eigenvalue weighted by Crippen LogP contribution is 2.28. The number of hydrogen-bond acceptors (Lipinski definition) is 3. The lowest BCUT2D eigenvalue weighted by Crippen LogP contribution is -2.17. The van der Waals surface area contributed by atoms with Crippen LogP contribution in [0.3, 0.4) is 0 Å². The molecule has 0 saturated carbocycles. The van der Waals surface area contributed by atoms with Gasteiger partial charge in [0.15, 0.2) is 5.69 Å². The minimum Gasteiger partial charge on any atom is -0.390 e. The molecule has 1 rings (SSSR count). The van der Waals surface area contributed by atoms with E-state index in [0.29, 0.717) is 0 Å². The summed E-state index contributed by atoms with van der Waals surface area (Å²) in [4.78, 5) is 14.1. The monoisotopic (exact) mass is 197 g/mol. The molecule has 0 aromatic carbocycles. The van der Waals surface area contributed by atoms with Crippen molar-refractivity contribution in [3.05, 3.63) is 21.5 Å². The summed E-state index contributed by atoms with van der Waals surface area (Å²) in [6.45, 7) is 7.84. The molecule has 14 heavy (non-hydrogen) atoms. The third-order valence-electron chi connectivity index (χ3n) is 2.12. The van der Waals surface area contributed by atoms with Gasteiger partial charge in [-0.3, -0.25) is 0 Å². The van der Waals surface area contributed by atoms with Gasteiger partial charge < -0.3 is 10.1 Å². The number of imidazole rings is 1. The van der Waals surface area contributed by atoms with Gasteiger partial charge in [0.25, 0.3) is 0 Å². The second-order valence-electron chi connectivity index (χ2n) is 4.41. The fourth-order valence-corrected chi connectivity index (χ4v) is 1.83. The van der Waals surface area contributed by atoms with Crippen LogP contribution < -0.4 is 0 Å². The Morgan fingerprint density at radius 1 is 1.43 bits per heavy atom. The van der Waals surface area contributed by atoms with E-state index < -0.39 is 4.92 Å². The van der Waals surface area contributed by atoms with E-state index in [-0.39, 0.29) is 11.4 Å². The second-order valence-corrected chi connectivity index (χ2v) is 4.41. The van der Waals surface area contributed by atoms with Crippen molar-refractivity contribution in [2.45, 2.75) is 33.1 Å². The van der Waals surface area contributed by atoms with Crippen LogP contribution in [0.2, 0.25) is 0 Å². The van der Waals surface area contributed by atoms with Crippen molar-refractivity contribution in [3.63, 3.8) is 0 Å². The molecule has 0 aliphatic heterocycles. The highest BCUT2D eigenvalue weighted by Gasteiger charge is 2.30. The lowest BCUT2D eigenvalue weighted by molar-refractivity contribution is -0.396. The average Bonchev–Trinajstić information content (AvgIpc) is 2.24. The Balaban J connectivity index is 3.40. The molecule has 0 fully saturated rings. The number of hydrogen-bond donors (Lipinski definition) is 0. The van der Waals surface area contributed by atoms with E-state index in [1.807, 2.05) is 20.8 Å². The summed E-state index contributed by atoms with van der Waals surface area (Å²) in [5, 5.41) is 10.6. The highest BCUT2D eigenvalue weighted by atomic mass is 16.6. The number of nitrogens with zero attached hydrogens (tertiary/aromatic N) is 3. The predicted molar refractivity (Wildman–Crippen MR) is 53.3 cm³/mol. The van der Waals surface area contributed by atoms with Gasteiger partial charge in [0.05, 0.1) is 7.05 Å². The Morgan fingerprint density at radius 3 is 2.14 bits per heavy atom. The molecule has 5 nitrogen and oxygen atoms in total. The van der Waals surface area contributed by atoms with Crippen molar-refractivity contribution in [2.24, 2.45) is 7.05 Å². The average molecular weight is 197 g/mol. The Hall–Kier alpha value is -1.39. The second kappa shape index (κ2) is 3.08. The first-order valence-electron chi connectivity index (χ1n) is 4.43. The van der Waals surface area contributed by atoms with E-state index >= 15 is 0 Å². The summed E-state index contributed by atoms with van der Waals surface area (Å²) in [7, 11) is 1.68. The summed E-state index contributed by atoms with van der Waals surface area (Å²) in [6, 6.07) is 0. The molecular weight excluding hydrogens is 182 g/mol. The zero-order chi connectivity index (χ0) is 11.1. The van der Waals surface area contributed by atoms with Crippen LogP contribution in [0.1, 0.15) is 32.2 Å². The number of nitro groups is 1. The molecule has 0 saturated heterocycles. The van der Waals surface area contributed by atoms with Gasteiger partial charge in [-0.25, -0.2) is 4.57 Å². The molecule has 1 aromatic rings. The Morgan fingerprint density at radius 2 is 1.93 bits per heavy atom. The molecule has 0 N–H and O–H groups in total. The normalized spacial score (nSPS) is 11.8. The fourth-order valence-electron chi connectivity index (χ4n) is 1.83. The molecule has 0 spiro atoms. The summed E-state index contributed by atoms with van der Waals surface area (Å²) in [5.74, 6) is -0.0903. The van der Waals surface area contributed by atoms with Crippen LogP contribution in [0.25, 0.3) is 0 Å². The molecule has 78 valence electrons. The zero-order valence-corrected chi connectivity index (χ0v) is 9.16. The molecule has 0 aliphatic carbocycles. The topological polar surface area (TPSA) is 61.0 Å². The molecule has 1 aromatic heterocycles. The van der Waals surface area contributed by atoms with Crippen molar-refractivity contribution in [2.75, 3.05) is 0 Å². The van der Waals surface area contributed by atoms with Crippen LogP contribution in [0.15, 0.2) is 0 Å². The molecule has 1 heterocycles. The molecular formula is C9H15N3O2. The maximum Gasteiger partial charge on any atom is 0.434 e. The maximum absolute atomic E-state index is 10.6. The van der Waals surface area contributed by atoms with Crippen LogP contribution in [0.5, 0.6) is 0 Å². The van der Waals surface area contributed by atoms with E-state index in [9.17, 15) is 10.1 Å². The smallest absolute Gasteiger partial charge is 0.390 e. The summed E-state index contributed by atoms with van der Waals surface area (Å²) >= 11 is 0. The number of rotatable bonds is 1. The molecule has 5 heteroatoms. The maximum atomic E-state index is 10.6. The highest BCUT2D eigenvalue weighted by molar-refractivity contribution is 5.28. The quantitative estimate of drug-likeness (QED) is 0.510. The van der Waals surface area contributed by atoms with Crippen LogP contribution in [-0.4, -0.2) is 14.5 Å². The first kappa shape index (κ1) is 10.7. The van der Waals surface area contributed by atoms with E-state index in [1.54, 1.807) is 18.5 Å². The summed E-state index contributed by atoms with van der Waals surface area (Å²) < 4.78 is 1.55. The standard InChI is InChI=1S/C9H15N3O2/c1-6-7(9(2,3)4)11(5)8(10-6)12(13)14/h1-5H3. The minimum atomic E-state index is -0.456. The van der Waals surface area contributed by atoms with Gasteiger partial charge in [0.1, 0.15) is 5.69 Å². The van der Waals surface area contributed by atoms with E-state index in [2.05, 4.69) is 4.98 Å². The van der Waals surface area contributed by atoms with Crippen molar-refractivity contribution < 1.29 is 4.92 Å². The van der Waals surface area contributed by atoms with Gasteiger partial charge in [-0.15, -0.1) is 0 Å². The lowest BCUT2D eigenvalue weighted by Gasteiger charge is -2.16.